The molecule has 8 nitrogen and oxygen atoms in total. The van der Waals surface area contributed by atoms with Gasteiger partial charge in [-0.15, -0.1) is 0 Å². The molecular formula is C17H13F3N4O4. The zero-order valence-corrected chi connectivity index (χ0v) is 14.2. The van der Waals surface area contributed by atoms with E-state index in [9.17, 15) is 27.9 Å². The Bertz CT molecular complexity index is 1040. The van der Waals surface area contributed by atoms with Crippen molar-refractivity contribution in [3.05, 3.63) is 65.4 Å². The number of para-hydroxylation sites is 1. The van der Waals surface area contributed by atoms with Crippen molar-refractivity contribution in [3.8, 4) is 11.4 Å². The zero-order chi connectivity index (χ0) is 20.5. The topological polar surface area (TPSA) is 109 Å². The average Bonchev–Trinajstić information content (AvgIpc) is 3.24. The number of aromatic nitrogens is 2. The molecule has 0 atom stereocenters. The van der Waals surface area contributed by atoms with E-state index < -0.39 is 35.0 Å². The number of benzene rings is 1. The molecule has 11 heteroatoms. The van der Waals surface area contributed by atoms with Crippen LogP contribution in [0.5, 0.6) is 5.75 Å². The van der Waals surface area contributed by atoms with Gasteiger partial charge in [0.05, 0.1) is 29.3 Å². The maximum Gasteiger partial charge on any atom is 0.418 e. The second kappa shape index (κ2) is 7.10. The van der Waals surface area contributed by atoms with E-state index in [-0.39, 0.29) is 11.3 Å². The van der Waals surface area contributed by atoms with Crippen molar-refractivity contribution in [3.63, 3.8) is 0 Å². The summed E-state index contributed by atoms with van der Waals surface area (Å²) in [4.78, 5) is 24.1. The molecule has 0 saturated heterocycles. The standard InChI is InChI=1S/C17H13F3N4O4/c1-9-10(6-7-28-9)15(26)21-22-16(27)14-13(25)8-24(23-14)12-5-3-2-4-11(12)17(18,19)20/h2-8,25H,1H3,(H,21,26)(H,22,27). The summed E-state index contributed by atoms with van der Waals surface area (Å²) in [6.45, 7) is 1.54. The normalized spacial score (nSPS) is 11.3. The number of halogens is 3. The lowest BCUT2D eigenvalue weighted by Gasteiger charge is -2.12. The Morgan fingerprint density at radius 1 is 1.14 bits per heavy atom. The lowest BCUT2D eigenvalue weighted by atomic mass is 10.2. The van der Waals surface area contributed by atoms with Gasteiger partial charge in [0.25, 0.3) is 11.8 Å². The lowest BCUT2D eigenvalue weighted by molar-refractivity contribution is -0.137. The van der Waals surface area contributed by atoms with Crippen LogP contribution in [0.2, 0.25) is 0 Å². The number of nitrogens with one attached hydrogen (secondary N) is 2. The highest BCUT2D eigenvalue weighted by Crippen LogP contribution is 2.34. The summed E-state index contributed by atoms with van der Waals surface area (Å²) in [5.74, 6) is -2.04. The van der Waals surface area contributed by atoms with Crippen molar-refractivity contribution in [2.75, 3.05) is 0 Å². The Morgan fingerprint density at radius 3 is 2.46 bits per heavy atom. The van der Waals surface area contributed by atoms with Crippen LogP contribution in [0.4, 0.5) is 13.2 Å². The summed E-state index contributed by atoms with van der Waals surface area (Å²) < 4.78 is 45.1. The molecule has 1 aromatic carbocycles. The number of aryl methyl sites for hydroxylation is 1. The van der Waals surface area contributed by atoms with Gasteiger partial charge < -0.3 is 9.52 Å². The fourth-order valence-electron chi connectivity index (χ4n) is 2.42. The number of amides is 2. The van der Waals surface area contributed by atoms with Gasteiger partial charge in [-0.3, -0.25) is 20.4 Å². The minimum atomic E-state index is -4.66. The quantitative estimate of drug-likeness (QED) is 0.592. The Morgan fingerprint density at radius 2 is 1.82 bits per heavy atom. The van der Waals surface area contributed by atoms with Gasteiger partial charge in [-0.1, -0.05) is 12.1 Å². The molecular weight excluding hydrogens is 381 g/mol. The van der Waals surface area contributed by atoms with E-state index in [1.807, 2.05) is 5.43 Å². The third kappa shape index (κ3) is 3.68. The molecule has 3 aromatic rings. The number of hydrogen-bond acceptors (Lipinski definition) is 5. The van der Waals surface area contributed by atoms with Crippen molar-refractivity contribution < 1.29 is 32.3 Å². The van der Waals surface area contributed by atoms with Crippen LogP contribution in [0.15, 0.2) is 47.2 Å². The van der Waals surface area contributed by atoms with Gasteiger partial charge in [0.2, 0.25) is 0 Å². The largest absolute Gasteiger partial charge is 0.504 e. The van der Waals surface area contributed by atoms with Crippen LogP contribution in [0.3, 0.4) is 0 Å². The molecule has 0 unspecified atom stereocenters. The molecule has 0 radical (unpaired) electrons. The number of alkyl halides is 3. The Labute approximate surface area is 155 Å². The molecule has 2 aromatic heterocycles. The molecule has 0 fully saturated rings. The average molecular weight is 394 g/mol. The fraction of sp³-hybridized carbons (Fsp3) is 0.118. The molecule has 146 valence electrons. The molecule has 0 spiro atoms. The Kier molecular flexibility index (Phi) is 4.82. The van der Waals surface area contributed by atoms with Gasteiger partial charge >= 0.3 is 6.18 Å². The number of carbonyl (C=O) groups excluding carboxylic acids is 2. The Hall–Kier alpha value is -3.76. The van der Waals surface area contributed by atoms with Crippen LogP contribution in [0.1, 0.15) is 32.2 Å². The molecule has 2 amide bonds. The summed E-state index contributed by atoms with van der Waals surface area (Å²) in [6, 6.07) is 5.94. The molecule has 2 heterocycles. The first-order valence-corrected chi connectivity index (χ1v) is 7.78. The molecule has 3 N–H and O–H groups in total. The van der Waals surface area contributed by atoms with Crippen LogP contribution in [-0.2, 0) is 6.18 Å². The maximum atomic E-state index is 13.1. The third-order valence-corrected chi connectivity index (χ3v) is 3.76. The van der Waals surface area contributed by atoms with Crippen LogP contribution in [0, 0.1) is 6.92 Å². The molecule has 0 saturated carbocycles. The van der Waals surface area contributed by atoms with E-state index in [4.69, 9.17) is 4.42 Å². The van der Waals surface area contributed by atoms with Gasteiger partial charge in [0.1, 0.15) is 5.76 Å². The molecule has 0 bridgehead atoms. The fourth-order valence-corrected chi connectivity index (χ4v) is 2.42. The smallest absolute Gasteiger partial charge is 0.418 e. The van der Waals surface area contributed by atoms with E-state index >= 15 is 0 Å². The van der Waals surface area contributed by atoms with Crippen molar-refractivity contribution >= 4 is 11.8 Å². The van der Waals surface area contributed by atoms with E-state index in [0.717, 1.165) is 23.0 Å². The van der Waals surface area contributed by atoms with Crippen LogP contribution < -0.4 is 10.9 Å². The predicted octanol–water partition coefficient (Wildman–Crippen LogP) is 2.57. The number of furan rings is 1. The molecule has 0 aliphatic rings. The van der Waals surface area contributed by atoms with Crippen LogP contribution in [-0.4, -0.2) is 26.7 Å². The number of rotatable bonds is 3. The number of carbonyl (C=O) groups is 2. The van der Waals surface area contributed by atoms with Crippen molar-refractivity contribution in [1.29, 1.82) is 0 Å². The van der Waals surface area contributed by atoms with E-state index in [1.165, 1.54) is 24.5 Å². The minimum absolute atomic E-state index is 0.175. The summed E-state index contributed by atoms with van der Waals surface area (Å²) in [6.07, 6.45) is -2.50. The van der Waals surface area contributed by atoms with Crippen LogP contribution >= 0.6 is 0 Å². The highest BCUT2D eigenvalue weighted by atomic mass is 19.4. The number of aromatic hydroxyl groups is 1. The summed E-state index contributed by atoms with van der Waals surface area (Å²) >= 11 is 0. The molecule has 28 heavy (non-hydrogen) atoms. The molecule has 0 aliphatic carbocycles. The molecule has 0 aliphatic heterocycles. The first-order valence-electron chi connectivity index (χ1n) is 7.78. The first kappa shape index (κ1) is 19.0. The van der Waals surface area contributed by atoms with Crippen molar-refractivity contribution in [2.24, 2.45) is 0 Å². The maximum absolute atomic E-state index is 13.1. The number of hydrazine groups is 1. The number of nitrogens with zero attached hydrogens (tertiary/aromatic N) is 2. The second-order valence-electron chi connectivity index (χ2n) is 5.62. The Balaban J connectivity index is 1.80. The zero-order valence-electron chi connectivity index (χ0n) is 14.2. The third-order valence-electron chi connectivity index (χ3n) is 3.76. The van der Waals surface area contributed by atoms with E-state index in [0.29, 0.717) is 5.76 Å². The molecule has 3 rings (SSSR count). The monoisotopic (exact) mass is 394 g/mol. The van der Waals surface area contributed by atoms with Crippen molar-refractivity contribution in [2.45, 2.75) is 13.1 Å². The van der Waals surface area contributed by atoms with Gasteiger partial charge in [0.15, 0.2) is 11.4 Å². The highest BCUT2D eigenvalue weighted by Gasteiger charge is 2.34. The second-order valence-corrected chi connectivity index (χ2v) is 5.62. The first-order chi connectivity index (χ1) is 13.2. The summed E-state index contributed by atoms with van der Waals surface area (Å²) in [5, 5.41) is 13.6. The summed E-state index contributed by atoms with van der Waals surface area (Å²) in [7, 11) is 0. The van der Waals surface area contributed by atoms with E-state index in [2.05, 4.69) is 10.5 Å². The predicted molar refractivity (Wildman–Crippen MR) is 88.6 cm³/mol. The minimum Gasteiger partial charge on any atom is -0.504 e. The van der Waals surface area contributed by atoms with Crippen LogP contribution in [0.25, 0.3) is 5.69 Å². The van der Waals surface area contributed by atoms with E-state index in [1.54, 1.807) is 6.92 Å². The number of hydrogen-bond donors (Lipinski definition) is 3. The van der Waals surface area contributed by atoms with Gasteiger partial charge in [-0.25, -0.2) is 4.68 Å². The SMILES string of the molecule is Cc1occc1C(=O)NNC(=O)c1nn(-c2ccccc2C(F)(F)F)cc1O. The van der Waals surface area contributed by atoms with Gasteiger partial charge in [-0.2, -0.15) is 18.3 Å². The van der Waals surface area contributed by atoms with Gasteiger partial charge in [-0.05, 0) is 25.1 Å². The highest BCUT2D eigenvalue weighted by molar-refractivity contribution is 5.99. The lowest BCUT2D eigenvalue weighted by Crippen LogP contribution is -2.42. The van der Waals surface area contributed by atoms with Crippen molar-refractivity contribution in [1.82, 2.24) is 20.6 Å². The summed E-state index contributed by atoms with van der Waals surface area (Å²) in [5.41, 5.74) is 2.37. The van der Waals surface area contributed by atoms with Gasteiger partial charge in [0, 0.05) is 0 Å².